The molecule has 0 spiro atoms. The number of hydrogen-bond donors (Lipinski definition) is 1. The lowest BCUT2D eigenvalue weighted by molar-refractivity contribution is 0.0924. The van der Waals surface area contributed by atoms with E-state index in [0.717, 1.165) is 0 Å². The molecule has 0 amide bonds. The lowest BCUT2D eigenvalue weighted by atomic mass is 10.1. The van der Waals surface area contributed by atoms with Crippen LogP contribution in [0, 0.1) is 23.3 Å². The van der Waals surface area contributed by atoms with Gasteiger partial charge >= 0.3 is 0 Å². The molecule has 0 radical (unpaired) electrons. The van der Waals surface area contributed by atoms with E-state index in [2.05, 4.69) is 11.3 Å². The average molecular weight is 236 g/mol. The zero-order valence-electron chi connectivity index (χ0n) is 8.28. The van der Waals surface area contributed by atoms with Gasteiger partial charge in [0, 0.05) is 0 Å². The van der Waals surface area contributed by atoms with Crippen LogP contribution in [-0.2, 0) is 0 Å². The quantitative estimate of drug-likeness (QED) is 0.378. The molecule has 0 aliphatic carbocycles. The Hall–Kier alpha value is -1.56. The van der Waals surface area contributed by atoms with E-state index in [1.165, 1.54) is 6.92 Å². The number of allylic oxidation sites excluding steroid dienone is 1. The third-order valence-electron chi connectivity index (χ3n) is 1.86. The lowest BCUT2D eigenvalue weighted by Crippen LogP contribution is -2.08. The van der Waals surface area contributed by atoms with E-state index in [1.807, 2.05) is 0 Å². The van der Waals surface area contributed by atoms with Crippen LogP contribution < -0.4 is 4.74 Å². The molecule has 1 N–H and O–H groups in total. The van der Waals surface area contributed by atoms with Crippen LogP contribution in [0.25, 0.3) is 5.57 Å². The van der Waals surface area contributed by atoms with Gasteiger partial charge in [-0.2, -0.15) is 4.39 Å². The minimum atomic E-state index is -1.99. The zero-order chi connectivity index (χ0) is 12.5. The van der Waals surface area contributed by atoms with Crippen molar-refractivity contribution in [1.29, 1.82) is 0 Å². The predicted molar refractivity (Wildman–Crippen MR) is 48.7 cm³/mol. The molecule has 1 aromatic rings. The van der Waals surface area contributed by atoms with Crippen molar-refractivity contribution in [3.8, 4) is 5.75 Å². The van der Waals surface area contributed by atoms with Crippen molar-refractivity contribution >= 4 is 5.57 Å². The summed E-state index contributed by atoms with van der Waals surface area (Å²) in [6.45, 7) is 3.55. The first-order chi connectivity index (χ1) is 7.41. The van der Waals surface area contributed by atoms with Crippen molar-refractivity contribution in [2.24, 2.45) is 0 Å². The maximum atomic E-state index is 13.3. The highest BCUT2D eigenvalue weighted by atomic mass is 19.2. The molecule has 1 aromatic carbocycles. The molecular weight excluding hydrogens is 228 g/mol. The Bertz CT molecular complexity index is 443. The summed E-state index contributed by atoms with van der Waals surface area (Å²) in [5.41, 5.74) is -0.691. The standard InChI is InChI=1S/C10H8F4O2/c1-4(2)5-6(11)7(12)8(13)9(14)10(5)16-3-15/h15H,1,3H2,2H3. The molecule has 88 valence electrons. The molecule has 1 rings (SSSR count). The SMILES string of the molecule is C=C(C)c1c(F)c(F)c(F)c(F)c1OCO. The summed E-state index contributed by atoms with van der Waals surface area (Å²) in [4.78, 5) is 0. The first-order valence-electron chi connectivity index (χ1n) is 4.17. The number of rotatable bonds is 3. The lowest BCUT2D eigenvalue weighted by Gasteiger charge is -2.12. The number of hydrogen-bond acceptors (Lipinski definition) is 2. The highest BCUT2D eigenvalue weighted by molar-refractivity contribution is 5.68. The monoisotopic (exact) mass is 236 g/mol. The largest absolute Gasteiger partial charge is 0.464 e. The maximum absolute atomic E-state index is 13.3. The van der Waals surface area contributed by atoms with Crippen LogP contribution in [0.4, 0.5) is 17.6 Å². The number of halogens is 4. The van der Waals surface area contributed by atoms with Gasteiger partial charge in [0.1, 0.15) is 0 Å². The molecule has 0 fully saturated rings. The van der Waals surface area contributed by atoms with Crippen LogP contribution in [0.1, 0.15) is 12.5 Å². The maximum Gasteiger partial charge on any atom is 0.204 e. The molecule has 0 atom stereocenters. The zero-order valence-corrected chi connectivity index (χ0v) is 8.28. The minimum Gasteiger partial charge on any atom is -0.464 e. The number of benzene rings is 1. The Kier molecular flexibility index (Phi) is 3.54. The van der Waals surface area contributed by atoms with Gasteiger partial charge in [0.25, 0.3) is 0 Å². The smallest absolute Gasteiger partial charge is 0.204 e. The van der Waals surface area contributed by atoms with Gasteiger partial charge in [-0.15, -0.1) is 0 Å². The highest BCUT2D eigenvalue weighted by Crippen LogP contribution is 2.34. The summed E-state index contributed by atoms with van der Waals surface area (Å²) in [6, 6.07) is 0. The van der Waals surface area contributed by atoms with Gasteiger partial charge in [-0.3, -0.25) is 0 Å². The van der Waals surface area contributed by atoms with E-state index < -0.39 is 41.4 Å². The van der Waals surface area contributed by atoms with Crippen LogP contribution in [0.2, 0.25) is 0 Å². The Labute approximate surface area is 88.8 Å². The van der Waals surface area contributed by atoms with E-state index in [9.17, 15) is 17.6 Å². The molecule has 0 unspecified atom stereocenters. The minimum absolute atomic E-state index is 0.0567. The predicted octanol–water partition coefficient (Wildman–Crippen LogP) is 2.60. The fourth-order valence-electron chi connectivity index (χ4n) is 1.19. The van der Waals surface area contributed by atoms with Crippen LogP contribution >= 0.6 is 0 Å². The average Bonchev–Trinajstić information content (AvgIpc) is 2.23. The molecular formula is C10H8F4O2. The van der Waals surface area contributed by atoms with Gasteiger partial charge in [-0.1, -0.05) is 6.58 Å². The third kappa shape index (κ3) is 1.88. The van der Waals surface area contributed by atoms with Crippen LogP contribution in [0.15, 0.2) is 6.58 Å². The van der Waals surface area contributed by atoms with Gasteiger partial charge in [0.05, 0.1) is 5.56 Å². The van der Waals surface area contributed by atoms with E-state index in [4.69, 9.17) is 5.11 Å². The number of ether oxygens (including phenoxy) is 1. The second-order valence-corrected chi connectivity index (χ2v) is 3.01. The van der Waals surface area contributed by atoms with E-state index in [0.29, 0.717) is 0 Å². The van der Waals surface area contributed by atoms with Gasteiger partial charge in [-0.25, -0.2) is 13.2 Å². The fourth-order valence-corrected chi connectivity index (χ4v) is 1.19. The summed E-state index contributed by atoms with van der Waals surface area (Å²) in [5, 5.41) is 8.44. The Morgan fingerprint density at radius 2 is 1.62 bits per heavy atom. The van der Waals surface area contributed by atoms with Crippen molar-refractivity contribution in [2.75, 3.05) is 6.79 Å². The van der Waals surface area contributed by atoms with Gasteiger partial charge in [0.2, 0.25) is 11.6 Å². The molecule has 0 aliphatic heterocycles. The number of aliphatic hydroxyl groups is 1. The fraction of sp³-hybridized carbons (Fsp3) is 0.200. The van der Waals surface area contributed by atoms with Crippen molar-refractivity contribution in [3.05, 3.63) is 35.4 Å². The van der Waals surface area contributed by atoms with Crippen LogP contribution in [-0.4, -0.2) is 11.9 Å². The summed E-state index contributed by atoms with van der Waals surface area (Å²) in [6.07, 6.45) is 0. The Morgan fingerprint density at radius 3 is 2.06 bits per heavy atom. The van der Waals surface area contributed by atoms with Gasteiger partial charge < -0.3 is 9.84 Å². The molecule has 0 saturated heterocycles. The van der Waals surface area contributed by atoms with Crippen molar-refractivity contribution < 1.29 is 27.4 Å². The van der Waals surface area contributed by atoms with Crippen LogP contribution in [0.5, 0.6) is 5.75 Å². The summed E-state index contributed by atoms with van der Waals surface area (Å²) >= 11 is 0. The highest BCUT2D eigenvalue weighted by Gasteiger charge is 2.26. The summed E-state index contributed by atoms with van der Waals surface area (Å²) < 4.78 is 56.5. The normalized spacial score (nSPS) is 10.4. The van der Waals surface area contributed by atoms with Gasteiger partial charge in [0.15, 0.2) is 24.2 Å². The van der Waals surface area contributed by atoms with E-state index >= 15 is 0 Å². The van der Waals surface area contributed by atoms with Crippen molar-refractivity contribution in [1.82, 2.24) is 0 Å². The first kappa shape index (κ1) is 12.5. The van der Waals surface area contributed by atoms with Crippen molar-refractivity contribution in [2.45, 2.75) is 6.92 Å². The molecule has 2 nitrogen and oxygen atoms in total. The molecule has 0 aliphatic rings. The molecule has 0 saturated carbocycles. The second kappa shape index (κ2) is 4.52. The molecule has 0 aromatic heterocycles. The van der Waals surface area contributed by atoms with Crippen molar-refractivity contribution in [3.63, 3.8) is 0 Å². The van der Waals surface area contributed by atoms with Gasteiger partial charge in [-0.05, 0) is 12.5 Å². The topological polar surface area (TPSA) is 29.5 Å². The first-order valence-corrected chi connectivity index (χ1v) is 4.17. The van der Waals surface area contributed by atoms with E-state index in [1.54, 1.807) is 0 Å². The number of aliphatic hydroxyl groups excluding tert-OH is 1. The second-order valence-electron chi connectivity index (χ2n) is 3.01. The summed E-state index contributed by atoms with van der Waals surface area (Å²) in [7, 11) is 0. The Balaban J connectivity index is 3.61. The molecule has 16 heavy (non-hydrogen) atoms. The van der Waals surface area contributed by atoms with Crippen LogP contribution in [0.3, 0.4) is 0 Å². The molecule has 0 heterocycles. The molecule has 0 bridgehead atoms. The van der Waals surface area contributed by atoms with E-state index in [-0.39, 0.29) is 5.57 Å². The third-order valence-corrected chi connectivity index (χ3v) is 1.86. The summed E-state index contributed by atoms with van der Waals surface area (Å²) in [5.74, 6) is -8.14. The Morgan fingerprint density at radius 1 is 1.12 bits per heavy atom. The molecule has 6 heteroatoms.